The third-order valence-corrected chi connectivity index (χ3v) is 4.24. The average molecular weight is 326 g/mol. The van der Waals surface area contributed by atoms with Gasteiger partial charge in [0.15, 0.2) is 5.17 Å². The smallest absolute Gasteiger partial charge is 0.266 e. The van der Waals surface area contributed by atoms with Gasteiger partial charge in [-0.25, -0.2) is 4.99 Å². The van der Waals surface area contributed by atoms with E-state index in [4.69, 9.17) is 4.42 Å². The average Bonchev–Trinajstić information content (AvgIpc) is 3.13. The first-order chi connectivity index (χ1) is 11.1. The molecular weight excluding hydrogens is 308 g/mol. The van der Waals surface area contributed by atoms with Gasteiger partial charge in [-0.15, -0.1) is 0 Å². The van der Waals surface area contributed by atoms with Gasteiger partial charge in [0.05, 0.1) is 16.9 Å². The van der Waals surface area contributed by atoms with E-state index in [1.54, 1.807) is 23.3 Å². The number of benzene rings is 1. The molecular formula is C18H18N2O2S. The van der Waals surface area contributed by atoms with Crippen LogP contribution in [0.3, 0.4) is 0 Å². The second kappa shape index (κ2) is 6.87. The van der Waals surface area contributed by atoms with Gasteiger partial charge in [0, 0.05) is 12.6 Å². The van der Waals surface area contributed by atoms with Crippen molar-refractivity contribution in [1.29, 1.82) is 0 Å². The first-order valence-corrected chi connectivity index (χ1v) is 8.34. The number of para-hydroxylation sites is 1. The zero-order valence-electron chi connectivity index (χ0n) is 13.1. The standard InChI is InChI=1S/C18H18N2O2S/c1-13(2)12-20-17(21)16(11-15-9-6-10-22-15)23-18(20)19-14-7-4-3-5-8-14/h3-11,13H,12H2,1-2H3/b16-11-,19-18?. The first kappa shape index (κ1) is 15.6. The van der Waals surface area contributed by atoms with E-state index < -0.39 is 0 Å². The molecule has 1 aromatic heterocycles. The quantitative estimate of drug-likeness (QED) is 0.775. The molecule has 0 bridgehead atoms. The summed E-state index contributed by atoms with van der Waals surface area (Å²) in [4.78, 5) is 19.7. The van der Waals surface area contributed by atoms with Crippen LogP contribution in [0, 0.1) is 5.92 Å². The molecule has 0 spiro atoms. The summed E-state index contributed by atoms with van der Waals surface area (Å²) in [5.41, 5.74) is 0.843. The molecule has 1 aliphatic heterocycles. The van der Waals surface area contributed by atoms with Crippen LogP contribution in [0.25, 0.3) is 6.08 Å². The maximum atomic E-state index is 12.7. The van der Waals surface area contributed by atoms with Gasteiger partial charge >= 0.3 is 0 Å². The Morgan fingerprint density at radius 2 is 2.00 bits per heavy atom. The van der Waals surface area contributed by atoms with Crippen LogP contribution in [0.2, 0.25) is 0 Å². The van der Waals surface area contributed by atoms with Crippen LogP contribution in [0.4, 0.5) is 5.69 Å². The summed E-state index contributed by atoms with van der Waals surface area (Å²) in [6.07, 6.45) is 3.37. The molecule has 0 aliphatic carbocycles. The number of hydrogen-bond acceptors (Lipinski definition) is 4. The second-order valence-corrected chi connectivity index (χ2v) is 6.67. The molecule has 1 aromatic carbocycles. The Balaban J connectivity index is 1.93. The van der Waals surface area contributed by atoms with Crippen LogP contribution in [0.1, 0.15) is 19.6 Å². The van der Waals surface area contributed by atoms with E-state index in [1.807, 2.05) is 36.4 Å². The number of rotatable bonds is 4. The number of carbonyl (C=O) groups is 1. The van der Waals surface area contributed by atoms with E-state index in [0.29, 0.717) is 28.3 Å². The van der Waals surface area contributed by atoms with Crippen LogP contribution >= 0.6 is 11.8 Å². The van der Waals surface area contributed by atoms with Crippen LogP contribution in [0.5, 0.6) is 0 Å². The summed E-state index contributed by atoms with van der Waals surface area (Å²) in [6, 6.07) is 13.3. The minimum atomic E-state index is -0.0187. The van der Waals surface area contributed by atoms with Gasteiger partial charge in [0.25, 0.3) is 5.91 Å². The van der Waals surface area contributed by atoms with Crippen LogP contribution in [0.15, 0.2) is 63.0 Å². The van der Waals surface area contributed by atoms with Crippen molar-refractivity contribution in [3.8, 4) is 0 Å². The van der Waals surface area contributed by atoms with E-state index in [0.717, 1.165) is 5.69 Å². The van der Waals surface area contributed by atoms with Crippen molar-refractivity contribution in [2.75, 3.05) is 6.54 Å². The Hall–Kier alpha value is -2.27. The van der Waals surface area contributed by atoms with Gasteiger partial charge in [-0.05, 0) is 41.9 Å². The Bertz CT molecular complexity index is 734. The van der Waals surface area contributed by atoms with E-state index in [1.165, 1.54) is 11.8 Å². The minimum Gasteiger partial charge on any atom is -0.465 e. The molecule has 2 aromatic rings. The summed E-state index contributed by atoms with van der Waals surface area (Å²) in [5.74, 6) is 1.02. The molecule has 1 aliphatic rings. The lowest BCUT2D eigenvalue weighted by Crippen LogP contribution is -2.32. The molecule has 23 heavy (non-hydrogen) atoms. The number of hydrogen-bond donors (Lipinski definition) is 0. The van der Waals surface area contributed by atoms with Crippen molar-refractivity contribution < 1.29 is 9.21 Å². The zero-order valence-corrected chi connectivity index (χ0v) is 13.9. The fraction of sp³-hybridized carbons (Fsp3) is 0.222. The number of thioether (sulfide) groups is 1. The highest BCUT2D eigenvalue weighted by Gasteiger charge is 2.33. The maximum Gasteiger partial charge on any atom is 0.266 e. The molecule has 2 heterocycles. The molecule has 0 saturated carbocycles. The summed E-state index contributed by atoms with van der Waals surface area (Å²) >= 11 is 1.39. The van der Waals surface area contributed by atoms with Gasteiger partial charge < -0.3 is 4.42 Å². The first-order valence-electron chi connectivity index (χ1n) is 7.52. The number of furan rings is 1. The lowest BCUT2D eigenvalue weighted by molar-refractivity contribution is -0.122. The largest absolute Gasteiger partial charge is 0.465 e. The predicted molar refractivity (Wildman–Crippen MR) is 94.4 cm³/mol. The van der Waals surface area contributed by atoms with Crippen molar-refractivity contribution in [3.63, 3.8) is 0 Å². The highest BCUT2D eigenvalue weighted by molar-refractivity contribution is 8.18. The predicted octanol–water partition coefficient (Wildman–Crippen LogP) is 4.54. The lowest BCUT2D eigenvalue weighted by atomic mass is 10.2. The SMILES string of the molecule is CC(C)CN1C(=O)/C(=C/c2ccco2)SC1=Nc1ccccc1. The molecule has 3 rings (SSSR count). The zero-order chi connectivity index (χ0) is 16.2. The van der Waals surface area contributed by atoms with E-state index in [-0.39, 0.29) is 5.91 Å². The Kier molecular flexibility index (Phi) is 4.67. The van der Waals surface area contributed by atoms with Crippen LogP contribution in [-0.4, -0.2) is 22.5 Å². The summed E-state index contributed by atoms with van der Waals surface area (Å²) < 4.78 is 5.31. The Morgan fingerprint density at radius 1 is 1.22 bits per heavy atom. The van der Waals surface area contributed by atoms with Crippen molar-refractivity contribution in [1.82, 2.24) is 4.90 Å². The fourth-order valence-electron chi connectivity index (χ4n) is 2.23. The molecule has 118 valence electrons. The number of nitrogens with zero attached hydrogens (tertiary/aromatic N) is 2. The molecule has 0 unspecified atom stereocenters. The third-order valence-electron chi connectivity index (χ3n) is 3.23. The molecule has 0 radical (unpaired) electrons. The van der Waals surface area contributed by atoms with E-state index in [2.05, 4.69) is 18.8 Å². The summed E-state index contributed by atoms with van der Waals surface area (Å²) in [7, 11) is 0. The van der Waals surface area contributed by atoms with Crippen molar-refractivity contribution in [2.45, 2.75) is 13.8 Å². The van der Waals surface area contributed by atoms with Gasteiger partial charge in [-0.3, -0.25) is 9.69 Å². The molecule has 0 atom stereocenters. The number of amidine groups is 1. The fourth-order valence-corrected chi connectivity index (χ4v) is 3.22. The van der Waals surface area contributed by atoms with Crippen molar-refractivity contribution in [3.05, 3.63) is 59.4 Å². The minimum absolute atomic E-state index is 0.0187. The number of aliphatic imine (C=N–C) groups is 1. The summed E-state index contributed by atoms with van der Waals surface area (Å²) in [6.45, 7) is 4.83. The number of carbonyl (C=O) groups excluding carboxylic acids is 1. The van der Waals surface area contributed by atoms with Gasteiger partial charge in [-0.2, -0.15) is 0 Å². The molecule has 1 fully saturated rings. The highest BCUT2D eigenvalue weighted by atomic mass is 32.2. The molecule has 0 N–H and O–H groups in total. The maximum absolute atomic E-state index is 12.7. The highest BCUT2D eigenvalue weighted by Crippen LogP contribution is 2.34. The van der Waals surface area contributed by atoms with Gasteiger partial charge in [0.1, 0.15) is 5.76 Å². The topological polar surface area (TPSA) is 45.8 Å². The normalized spacial score (nSPS) is 18.6. The van der Waals surface area contributed by atoms with Gasteiger partial charge in [0.2, 0.25) is 0 Å². The Labute approximate surface area is 139 Å². The lowest BCUT2D eigenvalue weighted by Gasteiger charge is -2.17. The van der Waals surface area contributed by atoms with E-state index in [9.17, 15) is 4.79 Å². The van der Waals surface area contributed by atoms with Gasteiger partial charge in [-0.1, -0.05) is 32.0 Å². The van der Waals surface area contributed by atoms with Crippen LogP contribution in [-0.2, 0) is 4.79 Å². The van der Waals surface area contributed by atoms with E-state index >= 15 is 0 Å². The van der Waals surface area contributed by atoms with Crippen molar-refractivity contribution in [2.24, 2.45) is 10.9 Å². The Morgan fingerprint density at radius 3 is 2.65 bits per heavy atom. The van der Waals surface area contributed by atoms with Crippen LogP contribution < -0.4 is 0 Å². The third kappa shape index (κ3) is 3.74. The molecule has 1 saturated heterocycles. The molecule has 4 nitrogen and oxygen atoms in total. The van der Waals surface area contributed by atoms with Crippen molar-refractivity contribution >= 4 is 34.6 Å². The summed E-state index contributed by atoms with van der Waals surface area (Å²) in [5, 5.41) is 0.715. The molecule has 1 amide bonds. The monoisotopic (exact) mass is 326 g/mol. The second-order valence-electron chi connectivity index (χ2n) is 5.67. The number of amides is 1. The molecule has 5 heteroatoms.